The first kappa shape index (κ1) is 16.2. The van der Waals surface area contributed by atoms with Crippen molar-refractivity contribution in [3.05, 3.63) is 29.8 Å². The molecule has 0 spiro atoms. The van der Waals surface area contributed by atoms with Crippen molar-refractivity contribution < 1.29 is 9.53 Å². The number of methoxy groups -OCH3 is 1. The third-order valence-corrected chi connectivity index (χ3v) is 4.81. The number of carbonyl (C=O) groups is 1. The SMILES string of the molecule is COc1ccccc1C(=O)N1CCCSCC1CN(C)C. The maximum Gasteiger partial charge on any atom is 0.257 e. The molecular weight excluding hydrogens is 284 g/mol. The predicted octanol–water partition coefficient (Wildman–Crippen LogP) is 2.20. The van der Waals surface area contributed by atoms with Crippen LogP contribution in [0.3, 0.4) is 0 Å². The Morgan fingerprint density at radius 3 is 2.90 bits per heavy atom. The number of carbonyl (C=O) groups excluding carboxylic acids is 1. The maximum absolute atomic E-state index is 12.9. The van der Waals surface area contributed by atoms with E-state index in [-0.39, 0.29) is 11.9 Å². The van der Waals surface area contributed by atoms with Gasteiger partial charge in [-0.3, -0.25) is 4.79 Å². The number of hydrogen-bond donors (Lipinski definition) is 0. The second-order valence-electron chi connectivity index (χ2n) is 5.54. The second-order valence-corrected chi connectivity index (χ2v) is 6.69. The average Bonchev–Trinajstić information content (AvgIpc) is 2.71. The molecule has 1 aromatic carbocycles. The van der Waals surface area contributed by atoms with Gasteiger partial charge in [-0.2, -0.15) is 11.8 Å². The standard InChI is InChI=1S/C16H24N2O2S/c1-17(2)11-13-12-21-10-6-9-18(13)16(19)14-7-4-5-8-15(14)20-3/h4-5,7-8,13H,6,9-12H2,1-3H3. The van der Waals surface area contributed by atoms with Gasteiger partial charge < -0.3 is 14.5 Å². The van der Waals surface area contributed by atoms with Gasteiger partial charge in [0.25, 0.3) is 5.91 Å². The Morgan fingerprint density at radius 1 is 1.43 bits per heavy atom. The van der Waals surface area contributed by atoms with Crippen molar-refractivity contribution in [3.63, 3.8) is 0 Å². The molecule has 21 heavy (non-hydrogen) atoms. The summed E-state index contributed by atoms with van der Waals surface area (Å²) in [4.78, 5) is 17.1. The van der Waals surface area contributed by atoms with Crippen molar-refractivity contribution in [1.82, 2.24) is 9.80 Å². The smallest absolute Gasteiger partial charge is 0.257 e. The molecule has 1 aliphatic rings. The van der Waals surface area contributed by atoms with E-state index in [2.05, 4.69) is 19.0 Å². The number of amides is 1. The van der Waals surface area contributed by atoms with E-state index in [9.17, 15) is 4.79 Å². The Kier molecular flexibility index (Phi) is 5.94. The zero-order chi connectivity index (χ0) is 15.2. The number of hydrogen-bond acceptors (Lipinski definition) is 4. The molecule has 1 fully saturated rings. The van der Waals surface area contributed by atoms with Crippen molar-refractivity contribution in [3.8, 4) is 5.75 Å². The number of nitrogens with zero attached hydrogens (tertiary/aromatic N) is 2. The topological polar surface area (TPSA) is 32.8 Å². The van der Waals surface area contributed by atoms with Gasteiger partial charge in [-0.25, -0.2) is 0 Å². The lowest BCUT2D eigenvalue weighted by Gasteiger charge is -2.32. The van der Waals surface area contributed by atoms with E-state index in [1.165, 1.54) is 0 Å². The molecule has 1 amide bonds. The molecule has 1 heterocycles. The Bertz CT molecular complexity index is 479. The Morgan fingerprint density at radius 2 is 2.19 bits per heavy atom. The molecule has 0 aliphatic carbocycles. The van der Waals surface area contributed by atoms with Crippen LogP contribution in [0.1, 0.15) is 16.8 Å². The lowest BCUT2D eigenvalue weighted by atomic mass is 10.1. The van der Waals surface area contributed by atoms with Gasteiger partial charge in [0.15, 0.2) is 0 Å². The van der Waals surface area contributed by atoms with E-state index in [4.69, 9.17) is 4.74 Å². The normalized spacial score (nSPS) is 19.4. The number of ether oxygens (including phenoxy) is 1. The van der Waals surface area contributed by atoms with E-state index in [1.54, 1.807) is 7.11 Å². The van der Waals surface area contributed by atoms with Gasteiger partial charge in [-0.1, -0.05) is 12.1 Å². The molecule has 116 valence electrons. The molecule has 1 aromatic rings. The van der Waals surface area contributed by atoms with Crippen LogP contribution in [0.2, 0.25) is 0 Å². The largest absolute Gasteiger partial charge is 0.496 e. The number of rotatable bonds is 4. The summed E-state index contributed by atoms with van der Waals surface area (Å²) >= 11 is 1.94. The molecule has 0 bridgehead atoms. The minimum atomic E-state index is 0.0850. The molecule has 4 nitrogen and oxygen atoms in total. The highest BCUT2D eigenvalue weighted by Gasteiger charge is 2.28. The van der Waals surface area contributed by atoms with Crippen LogP contribution < -0.4 is 4.74 Å². The van der Waals surface area contributed by atoms with Gasteiger partial charge in [-0.05, 0) is 38.4 Å². The van der Waals surface area contributed by atoms with Crippen molar-refractivity contribution in [2.45, 2.75) is 12.5 Å². The van der Waals surface area contributed by atoms with Gasteiger partial charge in [0.05, 0.1) is 18.7 Å². The number of benzene rings is 1. The van der Waals surface area contributed by atoms with Crippen LogP contribution >= 0.6 is 11.8 Å². The monoisotopic (exact) mass is 308 g/mol. The van der Waals surface area contributed by atoms with E-state index in [1.807, 2.05) is 40.9 Å². The molecule has 0 radical (unpaired) electrons. The highest BCUT2D eigenvalue weighted by Crippen LogP contribution is 2.24. The first-order valence-electron chi connectivity index (χ1n) is 7.30. The lowest BCUT2D eigenvalue weighted by Crippen LogP contribution is -2.46. The summed E-state index contributed by atoms with van der Waals surface area (Å²) in [5.74, 6) is 2.86. The number of thioether (sulfide) groups is 1. The van der Waals surface area contributed by atoms with Crippen molar-refractivity contribution in [2.24, 2.45) is 0 Å². The summed E-state index contributed by atoms with van der Waals surface area (Å²) in [6, 6.07) is 7.74. The molecule has 1 aliphatic heterocycles. The van der Waals surface area contributed by atoms with Crippen LogP contribution in [-0.4, -0.2) is 67.5 Å². The van der Waals surface area contributed by atoms with Crippen molar-refractivity contribution in [1.29, 1.82) is 0 Å². The van der Waals surface area contributed by atoms with E-state index >= 15 is 0 Å². The molecule has 1 unspecified atom stereocenters. The summed E-state index contributed by atoms with van der Waals surface area (Å²) in [5, 5.41) is 0. The quantitative estimate of drug-likeness (QED) is 0.854. The fourth-order valence-corrected chi connectivity index (χ4v) is 3.70. The summed E-state index contributed by atoms with van der Waals surface area (Å²) in [6.45, 7) is 1.72. The van der Waals surface area contributed by atoms with E-state index < -0.39 is 0 Å². The summed E-state index contributed by atoms with van der Waals surface area (Å²) in [7, 11) is 5.73. The van der Waals surface area contributed by atoms with E-state index in [0.29, 0.717) is 11.3 Å². The van der Waals surface area contributed by atoms with Gasteiger partial charge in [0.2, 0.25) is 0 Å². The zero-order valence-electron chi connectivity index (χ0n) is 13.0. The number of likely N-dealkylation sites (N-methyl/N-ethyl adjacent to an activating group) is 1. The predicted molar refractivity (Wildman–Crippen MR) is 88.3 cm³/mol. The van der Waals surface area contributed by atoms with Gasteiger partial charge >= 0.3 is 0 Å². The van der Waals surface area contributed by atoms with E-state index in [0.717, 1.165) is 31.0 Å². The Hall–Kier alpha value is -1.20. The summed E-state index contributed by atoms with van der Waals surface area (Å²) in [6.07, 6.45) is 1.05. The Labute approximate surface area is 131 Å². The molecular formula is C16H24N2O2S. The van der Waals surface area contributed by atoms with Crippen LogP contribution in [0.15, 0.2) is 24.3 Å². The molecule has 0 N–H and O–H groups in total. The molecule has 0 saturated carbocycles. The third-order valence-electron chi connectivity index (χ3n) is 3.61. The second kappa shape index (κ2) is 7.71. The summed E-state index contributed by atoms with van der Waals surface area (Å²) in [5.41, 5.74) is 0.663. The first-order chi connectivity index (χ1) is 10.1. The minimum Gasteiger partial charge on any atom is -0.496 e. The Balaban J connectivity index is 2.24. The van der Waals surface area contributed by atoms with Crippen LogP contribution in [0, 0.1) is 0 Å². The fraction of sp³-hybridized carbons (Fsp3) is 0.562. The average molecular weight is 308 g/mol. The van der Waals surface area contributed by atoms with Crippen LogP contribution in [0.25, 0.3) is 0 Å². The highest BCUT2D eigenvalue weighted by molar-refractivity contribution is 7.99. The van der Waals surface area contributed by atoms with Crippen LogP contribution in [-0.2, 0) is 0 Å². The maximum atomic E-state index is 12.9. The van der Waals surface area contributed by atoms with Crippen LogP contribution in [0.5, 0.6) is 5.75 Å². The third kappa shape index (κ3) is 4.14. The van der Waals surface area contributed by atoms with Crippen molar-refractivity contribution in [2.75, 3.05) is 45.8 Å². The molecule has 2 rings (SSSR count). The zero-order valence-corrected chi connectivity index (χ0v) is 13.9. The molecule has 1 saturated heterocycles. The lowest BCUT2D eigenvalue weighted by molar-refractivity contribution is 0.0672. The number of para-hydroxylation sites is 1. The van der Waals surface area contributed by atoms with Gasteiger partial charge in [0.1, 0.15) is 5.75 Å². The molecule has 1 atom stereocenters. The van der Waals surface area contributed by atoms with Crippen LogP contribution in [0.4, 0.5) is 0 Å². The van der Waals surface area contributed by atoms with Crippen molar-refractivity contribution >= 4 is 17.7 Å². The molecule has 5 heteroatoms. The highest BCUT2D eigenvalue weighted by atomic mass is 32.2. The van der Waals surface area contributed by atoms with Gasteiger partial charge in [0, 0.05) is 18.8 Å². The fourth-order valence-electron chi connectivity index (χ4n) is 2.65. The summed E-state index contributed by atoms with van der Waals surface area (Å²) < 4.78 is 5.34. The molecule has 0 aromatic heterocycles. The minimum absolute atomic E-state index is 0.0850. The first-order valence-corrected chi connectivity index (χ1v) is 8.45. The van der Waals surface area contributed by atoms with Gasteiger partial charge in [-0.15, -0.1) is 0 Å².